The molecule has 39 heavy (non-hydrogen) atoms. The molecule has 0 saturated carbocycles. The van der Waals surface area contributed by atoms with Crippen LogP contribution >= 0.6 is 26.1 Å². The van der Waals surface area contributed by atoms with Crippen LogP contribution in [0.3, 0.4) is 0 Å². The molecule has 3 fully saturated rings. The smallest absolute Gasteiger partial charge is 0.772 e. The number of carbonyl (C=O) groups is 2. The zero-order valence-corrected chi connectivity index (χ0v) is 24.5. The third kappa shape index (κ3) is 11.6. The molecule has 0 spiro atoms. The van der Waals surface area contributed by atoms with E-state index < -0.39 is 26.1 Å². The SMILES string of the molecule is O=C1C=C(N2CC2)C(=O)C(N2CC2)=C1N1CC1.O=P[O-].O=P[O-].O=P[O-].[Al+3].c1ccc(-c2ccccc2)cc1. The number of benzene rings is 2. The number of hydrogen-bond donors (Lipinski definition) is 0. The summed E-state index contributed by atoms with van der Waals surface area (Å²) in [6.07, 6.45) is 1.52. The van der Waals surface area contributed by atoms with Crippen LogP contribution in [0.4, 0.5) is 0 Å². The Kier molecular flexibility index (Phi) is 16.4. The van der Waals surface area contributed by atoms with Gasteiger partial charge in [0.25, 0.3) is 0 Å². The summed E-state index contributed by atoms with van der Waals surface area (Å²) in [5.74, 6) is 0.0485. The van der Waals surface area contributed by atoms with Crippen LogP contribution in [0.1, 0.15) is 0 Å². The van der Waals surface area contributed by atoms with Crippen molar-refractivity contribution in [2.24, 2.45) is 0 Å². The van der Waals surface area contributed by atoms with Gasteiger partial charge in [0.05, 0.1) is 31.8 Å². The Balaban J connectivity index is 0.000000304. The van der Waals surface area contributed by atoms with Crippen molar-refractivity contribution in [3.8, 4) is 11.1 Å². The zero-order valence-electron chi connectivity index (χ0n) is 20.6. The first-order valence-corrected chi connectivity index (χ1v) is 13.4. The summed E-state index contributed by atoms with van der Waals surface area (Å²) in [6.45, 7) is 5.41. The molecular weight excluding hydrogens is 578 g/mol. The third-order valence-corrected chi connectivity index (χ3v) is 5.37. The summed E-state index contributed by atoms with van der Waals surface area (Å²) in [6, 6.07) is 20.8. The number of carbonyl (C=O) groups excluding carboxylic acids is 2. The van der Waals surface area contributed by atoms with E-state index in [0.717, 1.165) is 39.3 Å². The fourth-order valence-corrected chi connectivity index (χ4v) is 3.54. The van der Waals surface area contributed by atoms with Crippen LogP contribution in [-0.2, 0) is 23.3 Å². The molecule has 200 valence electrons. The summed E-state index contributed by atoms with van der Waals surface area (Å²) in [5, 5.41) is 0. The van der Waals surface area contributed by atoms with Gasteiger partial charge in [-0.1, -0.05) is 60.7 Å². The molecule has 0 N–H and O–H groups in total. The van der Waals surface area contributed by atoms with Crippen LogP contribution in [0.2, 0.25) is 0 Å². The van der Waals surface area contributed by atoms with Gasteiger partial charge in [-0.2, -0.15) is 0 Å². The molecular formula is C24H23AlN3O8P3. The van der Waals surface area contributed by atoms with Gasteiger partial charge in [-0.3, -0.25) is 23.3 Å². The topological polar surface area (TPSA) is 164 Å². The van der Waals surface area contributed by atoms with Gasteiger partial charge in [-0.05, 0) is 11.1 Å². The molecule has 0 aromatic heterocycles. The number of nitrogens with zero attached hydrogens (tertiary/aromatic N) is 3. The van der Waals surface area contributed by atoms with Crippen LogP contribution in [0.5, 0.6) is 0 Å². The minimum atomic E-state index is -1.08. The van der Waals surface area contributed by atoms with Crippen molar-refractivity contribution in [2.75, 3.05) is 39.3 Å². The van der Waals surface area contributed by atoms with E-state index in [1.54, 1.807) is 0 Å². The molecule has 0 atom stereocenters. The second-order valence-electron chi connectivity index (χ2n) is 7.84. The average molecular weight is 601 g/mol. The van der Waals surface area contributed by atoms with Gasteiger partial charge in [0.1, 0.15) is 11.4 Å². The number of ketones is 2. The van der Waals surface area contributed by atoms with Crippen molar-refractivity contribution < 1.29 is 38.0 Å². The Bertz CT molecular complexity index is 1120. The number of rotatable bonds is 4. The van der Waals surface area contributed by atoms with Crippen LogP contribution in [0.15, 0.2) is 83.8 Å². The van der Waals surface area contributed by atoms with E-state index in [1.165, 1.54) is 17.2 Å². The maximum absolute atomic E-state index is 12.4. The summed E-state index contributed by atoms with van der Waals surface area (Å²) < 4.78 is 25.0. The molecule has 0 bridgehead atoms. The monoisotopic (exact) mass is 601 g/mol. The van der Waals surface area contributed by atoms with Crippen molar-refractivity contribution in [1.82, 2.24) is 14.7 Å². The first-order valence-electron chi connectivity index (χ1n) is 11.2. The van der Waals surface area contributed by atoms with Crippen molar-refractivity contribution >= 4 is 55.0 Å². The number of Topliss-reactive ketones (excluding diaryl/α,β-unsaturated/α-hetero) is 1. The predicted octanol–water partition coefficient (Wildman–Crippen LogP) is 0.814. The summed E-state index contributed by atoms with van der Waals surface area (Å²) >= 11 is 0. The minimum Gasteiger partial charge on any atom is -0.772 e. The van der Waals surface area contributed by atoms with Crippen molar-refractivity contribution in [1.29, 1.82) is 0 Å². The van der Waals surface area contributed by atoms with Gasteiger partial charge in [0.2, 0.25) is 11.6 Å². The summed E-state index contributed by atoms with van der Waals surface area (Å²) in [5.41, 5.74) is 4.44. The minimum absolute atomic E-state index is 0. The van der Waals surface area contributed by atoms with E-state index in [1.807, 2.05) is 26.8 Å². The van der Waals surface area contributed by atoms with Crippen LogP contribution in [-0.4, -0.2) is 82.9 Å². The average Bonchev–Trinajstić information content (AvgIpc) is 3.78. The van der Waals surface area contributed by atoms with Crippen molar-refractivity contribution in [3.05, 3.63) is 83.8 Å². The van der Waals surface area contributed by atoms with Crippen molar-refractivity contribution in [2.45, 2.75) is 0 Å². The Morgan fingerprint density at radius 3 is 1.23 bits per heavy atom. The van der Waals surface area contributed by atoms with E-state index >= 15 is 0 Å². The number of allylic oxidation sites excluding steroid dienone is 1. The largest absolute Gasteiger partial charge is 3.00 e. The number of hydrogen-bond acceptors (Lipinski definition) is 11. The fourth-order valence-electron chi connectivity index (χ4n) is 3.54. The molecule has 3 aliphatic heterocycles. The van der Waals surface area contributed by atoms with Crippen LogP contribution < -0.4 is 14.7 Å². The molecule has 3 heterocycles. The van der Waals surface area contributed by atoms with Crippen LogP contribution in [0, 0.1) is 0 Å². The van der Waals surface area contributed by atoms with E-state index in [9.17, 15) is 9.59 Å². The fraction of sp³-hybridized carbons (Fsp3) is 0.250. The van der Waals surface area contributed by atoms with E-state index in [0.29, 0.717) is 17.1 Å². The van der Waals surface area contributed by atoms with Gasteiger partial charge in [0.15, 0.2) is 0 Å². The zero-order chi connectivity index (χ0) is 27.9. The van der Waals surface area contributed by atoms with Gasteiger partial charge in [-0.15, -0.1) is 0 Å². The van der Waals surface area contributed by atoms with Gasteiger partial charge in [0, 0.05) is 45.3 Å². The molecule has 0 radical (unpaired) electrons. The first-order chi connectivity index (χ1) is 18.5. The van der Waals surface area contributed by atoms with E-state index in [2.05, 4.69) is 48.5 Å². The Hall–Kier alpha value is -2.63. The van der Waals surface area contributed by atoms with Gasteiger partial charge < -0.3 is 29.4 Å². The quantitative estimate of drug-likeness (QED) is 0.211. The summed E-state index contributed by atoms with van der Waals surface area (Å²) in [7, 11) is -3.25. The van der Waals surface area contributed by atoms with E-state index in [-0.39, 0.29) is 28.9 Å². The third-order valence-electron chi connectivity index (χ3n) is 5.37. The van der Waals surface area contributed by atoms with Gasteiger partial charge >= 0.3 is 17.4 Å². The summed E-state index contributed by atoms with van der Waals surface area (Å²) in [4.78, 5) is 55.5. The second kappa shape index (κ2) is 18.6. The molecule has 0 unspecified atom stereocenters. The molecule has 2 aromatic carbocycles. The van der Waals surface area contributed by atoms with Crippen LogP contribution in [0.25, 0.3) is 11.1 Å². The molecule has 1 aliphatic carbocycles. The second-order valence-corrected chi connectivity index (χ2v) is 8.28. The normalized spacial score (nSPS) is 16.2. The molecule has 6 rings (SSSR count). The molecule has 0 amide bonds. The molecule has 3 saturated heterocycles. The molecule has 2 aromatic rings. The molecule has 15 heteroatoms. The van der Waals surface area contributed by atoms with E-state index in [4.69, 9.17) is 28.4 Å². The Morgan fingerprint density at radius 2 is 0.897 bits per heavy atom. The maximum atomic E-state index is 12.4. The maximum Gasteiger partial charge on any atom is 3.00 e. The van der Waals surface area contributed by atoms with Gasteiger partial charge in [-0.25, -0.2) is 0 Å². The first kappa shape index (κ1) is 34.4. The van der Waals surface area contributed by atoms with Crippen molar-refractivity contribution in [3.63, 3.8) is 0 Å². The molecule has 4 aliphatic rings. The Labute approximate surface area is 241 Å². The molecule has 11 nitrogen and oxygen atoms in total. The Morgan fingerprint density at radius 1 is 0.564 bits per heavy atom. The standard InChI is InChI=1S/C12H13N3O2.C12H10.Al.3HO2P/c16-9-7-8(13-1-2-13)12(17)11(15-5-6-15)10(9)14-3-4-14;1-3-7-11(8-4-1)12-9-5-2-6-10-12;;3*1-3-2/h7H,1-6H2;1-10H;;3*(H,1,2)/q;;+3;;;/p-3. The predicted molar refractivity (Wildman–Crippen MR) is 140 cm³/mol.